The van der Waals surface area contributed by atoms with Crippen LogP contribution in [0, 0.1) is 0 Å². The monoisotopic (exact) mass is 500 g/mol. The number of ether oxygens (including phenoxy) is 2. The molecule has 1 aromatic heterocycles. The summed E-state index contributed by atoms with van der Waals surface area (Å²) in [7, 11) is -2.14. The minimum Gasteiger partial charge on any atom is -0.493 e. The first-order valence-electron chi connectivity index (χ1n) is 10.7. The molecule has 3 rings (SSSR count). The molecule has 1 heterocycles. The van der Waals surface area contributed by atoms with Crippen LogP contribution < -0.4 is 31.0 Å². The first-order valence-corrected chi connectivity index (χ1v) is 12.2. The number of nitrogen functional groups attached to an aromatic ring is 2. The largest absolute Gasteiger partial charge is 0.493 e. The Bertz CT molecular complexity index is 1280. The molecule has 11 nitrogen and oxygen atoms in total. The van der Waals surface area contributed by atoms with Crippen molar-refractivity contribution in [1.29, 1.82) is 0 Å². The molecule has 6 N–H and O–H groups in total. The number of carbonyl (C=O) groups is 1. The third kappa shape index (κ3) is 7.29. The van der Waals surface area contributed by atoms with Gasteiger partial charge in [0, 0.05) is 37.3 Å². The smallest absolute Gasteiger partial charge is 0.240 e. The summed E-state index contributed by atoms with van der Waals surface area (Å²) in [5.74, 6) is 1.29. The lowest BCUT2D eigenvalue weighted by Crippen LogP contribution is -2.25. The highest BCUT2D eigenvalue weighted by molar-refractivity contribution is 7.89. The van der Waals surface area contributed by atoms with Crippen molar-refractivity contribution in [2.45, 2.75) is 24.7 Å². The maximum atomic E-state index is 12.4. The van der Waals surface area contributed by atoms with Crippen molar-refractivity contribution in [3.63, 3.8) is 0 Å². The molecular formula is C23H28N6O5S. The number of anilines is 3. The lowest BCUT2D eigenvalue weighted by Gasteiger charge is -2.13. The second-order valence-corrected chi connectivity index (χ2v) is 9.37. The Morgan fingerprint density at radius 3 is 2.49 bits per heavy atom. The Morgan fingerprint density at radius 2 is 1.83 bits per heavy atom. The Kier molecular flexibility index (Phi) is 8.44. The van der Waals surface area contributed by atoms with Crippen molar-refractivity contribution in [3.05, 3.63) is 59.8 Å². The number of amides is 1. The summed E-state index contributed by atoms with van der Waals surface area (Å²) in [6.45, 7) is 1.84. The van der Waals surface area contributed by atoms with Gasteiger partial charge < -0.3 is 26.3 Å². The van der Waals surface area contributed by atoms with Gasteiger partial charge in [0.2, 0.25) is 21.9 Å². The van der Waals surface area contributed by atoms with E-state index in [0.29, 0.717) is 35.8 Å². The number of hydrogen-bond acceptors (Lipinski definition) is 9. The summed E-state index contributed by atoms with van der Waals surface area (Å²) in [5, 5.41) is 2.59. The van der Waals surface area contributed by atoms with E-state index < -0.39 is 10.0 Å². The highest BCUT2D eigenvalue weighted by Gasteiger charge is 2.14. The zero-order valence-electron chi connectivity index (χ0n) is 19.4. The fourth-order valence-electron chi connectivity index (χ4n) is 3.20. The number of benzene rings is 2. The van der Waals surface area contributed by atoms with Crippen molar-refractivity contribution >= 4 is 33.4 Å². The summed E-state index contributed by atoms with van der Waals surface area (Å²) in [5.41, 5.74) is 13.6. The summed E-state index contributed by atoms with van der Waals surface area (Å²) < 4.78 is 38.6. The molecule has 0 unspecified atom stereocenters. The number of nitrogens with zero attached hydrogens (tertiary/aromatic N) is 2. The van der Waals surface area contributed by atoms with Crippen LogP contribution in [-0.4, -0.2) is 44.6 Å². The van der Waals surface area contributed by atoms with Gasteiger partial charge in [-0.25, -0.2) is 18.1 Å². The van der Waals surface area contributed by atoms with Gasteiger partial charge in [0.15, 0.2) is 11.5 Å². The van der Waals surface area contributed by atoms with E-state index in [9.17, 15) is 13.2 Å². The Balaban J connectivity index is 1.51. The van der Waals surface area contributed by atoms with E-state index in [-0.39, 0.29) is 29.9 Å². The molecule has 0 bridgehead atoms. The maximum Gasteiger partial charge on any atom is 0.240 e. The molecule has 0 spiro atoms. The molecule has 0 aliphatic carbocycles. The maximum absolute atomic E-state index is 12.4. The highest BCUT2D eigenvalue weighted by Crippen LogP contribution is 2.29. The first kappa shape index (κ1) is 25.7. The van der Waals surface area contributed by atoms with Crippen molar-refractivity contribution in [3.8, 4) is 11.5 Å². The number of hydrogen-bond donors (Lipinski definition) is 4. The van der Waals surface area contributed by atoms with Gasteiger partial charge in [0.05, 0.1) is 18.6 Å². The van der Waals surface area contributed by atoms with Gasteiger partial charge in [-0.1, -0.05) is 6.07 Å². The fraction of sp³-hybridized carbons (Fsp3) is 0.261. The Labute approximate surface area is 203 Å². The summed E-state index contributed by atoms with van der Waals surface area (Å²) in [6, 6.07) is 11.4. The van der Waals surface area contributed by atoms with Crippen LogP contribution in [0.5, 0.6) is 11.5 Å². The second-order valence-electron chi connectivity index (χ2n) is 7.61. The van der Waals surface area contributed by atoms with Crippen molar-refractivity contribution in [1.82, 2.24) is 14.7 Å². The van der Waals surface area contributed by atoms with Gasteiger partial charge in [0.25, 0.3) is 0 Å². The zero-order chi connectivity index (χ0) is 25.4. The summed E-state index contributed by atoms with van der Waals surface area (Å²) >= 11 is 0. The quantitative estimate of drug-likeness (QED) is 0.287. The molecule has 0 radical (unpaired) electrons. The van der Waals surface area contributed by atoms with Gasteiger partial charge in [0.1, 0.15) is 5.82 Å². The second kappa shape index (κ2) is 11.5. The molecule has 186 valence electrons. The molecule has 0 saturated carbocycles. The average Bonchev–Trinajstić information content (AvgIpc) is 2.81. The lowest BCUT2D eigenvalue weighted by molar-refractivity contribution is -0.114. The lowest BCUT2D eigenvalue weighted by atomic mass is 10.1. The average molecular weight is 501 g/mol. The van der Waals surface area contributed by atoms with Crippen molar-refractivity contribution in [2.75, 3.05) is 37.0 Å². The van der Waals surface area contributed by atoms with Crippen LogP contribution in [0.25, 0.3) is 0 Å². The third-order valence-corrected chi connectivity index (χ3v) is 6.37. The minimum absolute atomic E-state index is 0.108. The zero-order valence-corrected chi connectivity index (χ0v) is 20.3. The van der Waals surface area contributed by atoms with E-state index in [1.165, 1.54) is 38.3 Å². The van der Waals surface area contributed by atoms with E-state index in [4.69, 9.17) is 20.9 Å². The van der Waals surface area contributed by atoms with Crippen LogP contribution in [0.4, 0.5) is 17.5 Å². The molecule has 12 heteroatoms. The van der Waals surface area contributed by atoms with Gasteiger partial charge in [-0.2, -0.15) is 4.98 Å². The van der Waals surface area contributed by atoms with Gasteiger partial charge in [-0.3, -0.25) is 4.79 Å². The molecule has 0 aliphatic rings. The molecule has 0 atom stereocenters. The van der Waals surface area contributed by atoms with Crippen molar-refractivity contribution in [2.24, 2.45) is 0 Å². The van der Waals surface area contributed by atoms with E-state index in [2.05, 4.69) is 20.0 Å². The third-order valence-electron chi connectivity index (χ3n) is 4.90. The molecule has 0 aliphatic heterocycles. The van der Waals surface area contributed by atoms with Gasteiger partial charge in [-0.05, 0) is 48.4 Å². The molecule has 35 heavy (non-hydrogen) atoms. The van der Waals surface area contributed by atoms with Crippen LogP contribution in [0.3, 0.4) is 0 Å². The predicted molar refractivity (Wildman–Crippen MR) is 133 cm³/mol. The SMILES string of the molecule is COc1cc(Cc2cnc(N)nc2N)ccc1OCCCNS(=O)(=O)c1ccc(NC(C)=O)cc1. The van der Waals surface area contributed by atoms with Crippen LogP contribution in [0.2, 0.25) is 0 Å². The summed E-state index contributed by atoms with van der Waals surface area (Å²) in [4.78, 5) is 19.1. The van der Waals surface area contributed by atoms with E-state index >= 15 is 0 Å². The summed E-state index contributed by atoms with van der Waals surface area (Å²) in [6.07, 6.45) is 2.52. The van der Waals surface area contributed by atoms with E-state index in [1.54, 1.807) is 12.3 Å². The van der Waals surface area contributed by atoms with Crippen LogP contribution in [-0.2, 0) is 21.2 Å². The normalized spacial score (nSPS) is 11.1. The number of nitrogens with one attached hydrogen (secondary N) is 2. The first-order chi connectivity index (χ1) is 16.7. The van der Waals surface area contributed by atoms with Crippen LogP contribution >= 0.6 is 0 Å². The number of rotatable bonds is 11. The number of aromatic nitrogens is 2. The topological polar surface area (TPSA) is 172 Å². The van der Waals surface area contributed by atoms with Crippen molar-refractivity contribution < 1.29 is 22.7 Å². The Morgan fingerprint density at radius 1 is 1.09 bits per heavy atom. The molecule has 1 amide bonds. The molecular weight excluding hydrogens is 472 g/mol. The number of carbonyl (C=O) groups excluding carboxylic acids is 1. The van der Waals surface area contributed by atoms with Crippen LogP contribution in [0.15, 0.2) is 53.6 Å². The number of sulfonamides is 1. The fourth-order valence-corrected chi connectivity index (χ4v) is 4.27. The van der Waals surface area contributed by atoms with E-state index in [0.717, 1.165) is 11.1 Å². The standard InChI is InChI=1S/C23H28N6O5S/c1-15(30)28-18-5-7-19(8-6-18)35(31,32)27-10-3-11-34-20-9-4-16(13-21(20)33-2)12-17-14-26-23(25)29-22(17)24/h4-9,13-14,27H,3,10-12H2,1-2H3,(H,28,30)(H4,24,25,26,29). The van der Waals surface area contributed by atoms with Gasteiger partial charge in [-0.15, -0.1) is 0 Å². The van der Waals surface area contributed by atoms with Crippen LogP contribution in [0.1, 0.15) is 24.5 Å². The molecule has 3 aromatic rings. The Hall–Kier alpha value is -3.90. The molecule has 2 aromatic carbocycles. The number of nitrogens with two attached hydrogens (primary N) is 2. The van der Waals surface area contributed by atoms with E-state index in [1.807, 2.05) is 12.1 Å². The minimum atomic E-state index is -3.68. The highest BCUT2D eigenvalue weighted by atomic mass is 32.2. The van der Waals surface area contributed by atoms with Gasteiger partial charge >= 0.3 is 0 Å². The predicted octanol–water partition coefficient (Wildman–Crippen LogP) is 1.95. The molecule has 0 fully saturated rings. The number of methoxy groups -OCH3 is 1. The molecule has 0 saturated heterocycles.